The molecule has 0 bridgehead atoms. The summed E-state index contributed by atoms with van der Waals surface area (Å²) in [5.74, 6) is 0.117. The van der Waals surface area contributed by atoms with E-state index in [1.165, 1.54) is 5.56 Å². The lowest BCUT2D eigenvalue weighted by Crippen LogP contribution is -2.72. The van der Waals surface area contributed by atoms with E-state index < -0.39 is 0 Å². The van der Waals surface area contributed by atoms with Gasteiger partial charge in [0.1, 0.15) is 22.9 Å². The minimum absolute atomic E-state index is 0.000992. The molecule has 6 rings (SSSR count). The average molecular weight is 586 g/mol. The Morgan fingerprint density at radius 1 is 1.07 bits per heavy atom. The van der Waals surface area contributed by atoms with E-state index in [4.69, 9.17) is 4.74 Å². The van der Waals surface area contributed by atoms with Crippen LogP contribution in [-0.2, 0) is 4.74 Å². The summed E-state index contributed by atoms with van der Waals surface area (Å²) in [6.07, 6.45) is 5.13. The van der Waals surface area contributed by atoms with Gasteiger partial charge >= 0.3 is 11.9 Å². The smallest absolute Gasteiger partial charge is 0.348 e. The zero-order chi connectivity index (χ0) is 30.2. The highest BCUT2D eigenvalue weighted by molar-refractivity contribution is 5.92. The van der Waals surface area contributed by atoms with E-state index in [1.807, 2.05) is 19.9 Å². The number of nitrogens with zero attached hydrogens (tertiary/aromatic N) is 5. The van der Waals surface area contributed by atoms with Gasteiger partial charge in [0.2, 0.25) is 0 Å². The number of carbonyl (C=O) groups is 2. The molecule has 1 unspecified atom stereocenters. The zero-order valence-electron chi connectivity index (χ0n) is 25.8. The summed E-state index contributed by atoms with van der Waals surface area (Å²) in [6.45, 7) is 11.3. The summed E-state index contributed by atoms with van der Waals surface area (Å²) in [5.41, 5.74) is 3.40. The molecule has 1 aromatic heterocycles. The number of piperidine rings is 2. The van der Waals surface area contributed by atoms with Gasteiger partial charge in [-0.25, -0.2) is 14.6 Å². The van der Waals surface area contributed by atoms with Crippen LogP contribution in [0.4, 0.5) is 4.79 Å². The Labute approximate surface area is 255 Å². The number of amides is 3. The van der Waals surface area contributed by atoms with Gasteiger partial charge in [-0.2, -0.15) is 5.26 Å². The fraction of sp³-hybridized carbons (Fsp3) is 0.588. The molecule has 4 saturated heterocycles. The van der Waals surface area contributed by atoms with E-state index in [-0.39, 0.29) is 35.6 Å². The highest BCUT2D eigenvalue weighted by Gasteiger charge is 2.57. The second-order valence-electron chi connectivity index (χ2n) is 13.2. The SMILES string of the molecule is Cc1cc(C#N)nc(C)c1C(=O)[N+]1(C2(C)CCNCC2)CCC(N2C(=O)N(C3CCOCC3)CC2c2ccccc2)CC1. The molecule has 1 atom stereocenters. The number of nitriles is 1. The van der Waals surface area contributed by atoms with E-state index >= 15 is 0 Å². The van der Waals surface area contributed by atoms with Gasteiger partial charge in [-0.1, -0.05) is 30.3 Å². The van der Waals surface area contributed by atoms with E-state index in [2.05, 4.69) is 57.4 Å². The highest BCUT2D eigenvalue weighted by atomic mass is 16.5. The van der Waals surface area contributed by atoms with Crippen molar-refractivity contribution < 1.29 is 18.8 Å². The van der Waals surface area contributed by atoms with Crippen molar-refractivity contribution in [3.8, 4) is 6.07 Å². The third-order valence-electron chi connectivity index (χ3n) is 10.9. The third-order valence-corrected chi connectivity index (χ3v) is 10.9. The molecule has 2 aromatic rings. The Kier molecular flexibility index (Phi) is 8.29. The van der Waals surface area contributed by atoms with Crippen LogP contribution in [0.1, 0.15) is 84.4 Å². The van der Waals surface area contributed by atoms with Crippen LogP contribution in [0.25, 0.3) is 0 Å². The van der Waals surface area contributed by atoms with Gasteiger partial charge in [-0.05, 0) is 50.8 Å². The van der Waals surface area contributed by atoms with Gasteiger partial charge in [0.15, 0.2) is 0 Å². The summed E-state index contributed by atoms with van der Waals surface area (Å²) >= 11 is 0. The topological polar surface area (TPSA) is 98.6 Å². The van der Waals surface area contributed by atoms with Crippen LogP contribution in [0.2, 0.25) is 0 Å². The monoisotopic (exact) mass is 585 g/mol. The number of quaternary nitrogens is 1. The molecule has 0 saturated carbocycles. The van der Waals surface area contributed by atoms with Crippen molar-refractivity contribution in [2.45, 2.75) is 83.0 Å². The molecule has 1 N–H and O–H groups in total. The zero-order valence-corrected chi connectivity index (χ0v) is 25.8. The number of likely N-dealkylation sites (tertiary alicyclic amines) is 1. The van der Waals surface area contributed by atoms with Crippen molar-refractivity contribution in [1.29, 1.82) is 5.26 Å². The van der Waals surface area contributed by atoms with Crippen molar-refractivity contribution >= 4 is 11.9 Å². The van der Waals surface area contributed by atoms with E-state index in [1.54, 1.807) is 6.07 Å². The highest BCUT2D eigenvalue weighted by Crippen LogP contribution is 2.43. The molecule has 1 aromatic carbocycles. The van der Waals surface area contributed by atoms with Gasteiger partial charge in [-0.15, -0.1) is 0 Å². The van der Waals surface area contributed by atoms with Gasteiger partial charge < -0.3 is 19.9 Å². The molecule has 9 nitrogen and oxygen atoms in total. The van der Waals surface area contributed by atoms with Crippen molar-refractivity contribution in [1.82, 2.24) is 20.1 Å². The maximum Gasteiger partial charge on any atom is 0.348 e. The van der Waals surface area contributed by atoms with Gasteiger partial charge in [-0.3, -0.25) is 4.48 Å². The molecule has 3 amide bonds. The first-order valence-corrected chi connectivity index (χ1v) is 16.0. The van der Waals surface area contributed by atoms with Crippen LogP contribution in [0.3, 0.4) is 0 Å². The maximum absolute atomic E-state index is 14.8. The standard InChI is InChI=1S/C34H45N6O3/c1-24-21-27(22-35)37-25(2)31(24)32(41)40(34(3)13-15-36-16-14-34)17-9-29(10-18-40)39-30(26-7-5-4-6-8-26)23-38(33(39)42)28-11-19-43-20-12-28/h4-8,21,28-30,36H,9-20,23H2,1-3H3/q+1. The molecule has 228 valence electrons. The van der Waals surface area contributed by atoms with Crippen molar-refractivity contribution in [3.05, 3.63) is 64.5 Å². The molecule has 0 spiro atoms. The van der Waals surface area contributed by atoms with E-state index in [0.717, 1.165) is 57.2 Å². The number of hydrogen-bond acceptors (Lipinski definition) is 6. The quantitative estimate of drug-likeness (QED) is 0.520. The molecular weight excluding hydrogens is 540 g/mol. The number of nitrogens with one attached hydrogen (secondary N) is 1. The van der Waals surface area contributed by atoms with Crippen molar-refractivity contribution in [2.24, 2.45) is 0 Å². The van der Waals surface area contributed by atoms with Gasteiger partial charge in [0.25, 0.3) is 0 Å². The Bertz CT molecular complexity index is 1360. The number of urea groups is 1. The molecular formula is C34H45N6O3+. The molecule has 5 heterocycles. The molecule has 0 aliphatic carbocycles. The first-order valence-electron chi connectivity index (χ1n) is 16.0. The molecule has 4 fully saturated rings. The normalized spacial score (nSPS) is 28.1. The second kappa shape index (κ2) is 12.0. The van der Waals surface area contributed by atoms with Crippen LogP contribution >= 0.6 is 0 Å². The molecule has 4 aliphatic heterocycles. The first kappa shape index (κ1) is 29.7. The molecule has 9 heteroatoms. The first-order chi connectivity index (χ1) is 20.8. The number of hydrogen-bond donors (Lipinski definition) is 1. The number of rotatable bonds is 5. The number of aromatic nitrogens is 1. The van der Waals surface area contributed by atoms with Crippen LogP contribution < -0.4 is 5.32 Å². The summed E-state index contributed by atoms with van der Waals surface area (Å²) in [4.78, 5) is 37.8. The van der Waals surface area contributed by atoms with Crippen LogP contribution in [0.15, 0.2) is 36.4 Å². The Hall–Kier alpha value is -3.32. The summed E-state index contributed by atoms with van der Waals surface area (Å²) < 4.78 is 5.99. The van der Waals surface area contributed by atoms with Gasteiger partial charge in [0, 0.05) is 70.6 Å². The molecule has 4 aliphatic rings. The van der Waals surface area contributed by atoms with E-state index in [9.17, 15) is 14.9 Å². The molecule has 43 heavy (non-hydrogen) atoms. The minimum atomic E-state index is -0.220. The Balaban J connectivity index is 1.32. The number of pyridine rings is 1. The van der Waals surface area contributed by atoms with Crippen LogP contribution in [0.5, 0.6) is 0 Å². The Morgan fingerprint density at radius 3 is 2.37 bits per heavy atom. The largest absolute Gasteiger partial charge is 0.381 e. The number of aryl methyl sites for hydroxylation is 2. The van der Waals surface area contributed by atoms with Crippen molar-refractivity contribution in [3.63, 3.8) is 0 Å². The number of ether oxygens (including phenoxy) is 1. The van der Waals surface area contributed by atoms with E-state index in [0.29, 0.717) is 54.3 Å². The predicted octanol–water partition coefficient (Wildman–Crippen LogP) is 4.49. The average Bonchev–Trinajstić information content (AvgIpc) is 3.38. The Morgan fingerprint density at radius 2 is 1.74 bits per heavy atom. The third kappa shape index (κ3) is 5.24. The lowest BCUT2D eigenvalue weighted by Gasteiger charge is -2.55. The maximum atomic E-state index is 14.8. The predicted molar refractivity (Wildman–Crippen MR) is 163 cm³/mol. The lowest BCUT2D eigenvalue weighted by atomic mass is 9.81. The summed E-state index contributed by atoms with van der Waals surface area (Å²) in [7, 11) is 0. The molecule has 0 radical (unpaired) electrons. The van der Waals surface area contributed by atoms with Crippen molar-refractivity contribution in [2.75, 3.05) is 45.9 Å². The lowest BCUT2D eigenvalue weighted by molar-refractivity contribution is -0.907. The minimum Gasteiger partial charge on any atom is -0.381 e. The van der Waals surface area contributed by atoms with Crippen LogP contribution in [0, 0.1) is 25.2 Å². The van der Waals surface area contributed by atoms with Crippen LogP contribution in [-0.4, -0.2) is 94.8 Å². The summed E-state index contributed by atoms with van der Waals surface area (Å²) in [6, 6.07) is 14.7. The summed E-state index contributed by atoms with van der Waals surface area (Å²) in [5, 5.41) is 13.0. The second-order valence-corrected chi connectivity index (χ2v) is 13.2. The fourth-order valence-corrected chi connectivity index (χ4v) is 8.37. The fourth-order valence-electron chi connectivity index (χ4n) is 8.37. The number of carbonyl (C=O) groups excluding carboxylic acids is 2. The van der Waals surface area contributed by atoms with Gasteiger partial charge in [0.05, 0.1) is 24.8 Å². The number of benzene rings is 1.